The monoisotopic (exact) mass is 446 g/mol. The van der Waals surface area contributed by atoms with Gasteiger partial charge in [0.1, 0.15) is 0 Å². The van der Waals surface area contributed by atoms with Crippen molar-refractivity contribution in [3.8, 4) is 0 Å². The third kappa shape index (κ3) is 5.62. The van der Waals surface area contributed by atoms with Crippen molar-refractivity contribution in [3.63, 3.8) is 0 Å². The Hall–Kier alpha value is -3.89. The number of urea groups is 1. The van der Waals surface area contributed by atoms with Gasteiger partial charge >= 0.3 is 12.2 Å². The number of hydrogen-bond donors (Lipinski definition) is 3. The lowest BCUT2D eigenvalue weighted by Gasteiger charge is -2.15. The lowest BCUT2D eigenvalue weighted by Crippen LogP contribution is -2.28. The van der Waals surface area contributed by atoms with Gasteiger partial charge in [-0.05, 0) is 49.7 Å². The Balaban J connectivity index is 1.68. The van der Waals surface area contributed by atoms with Gasteiger partial charge in [-0.1, -0.05) is 6.07 Å². The molecule has 0 aliphatic rings. The highest BCUT2D eigenvalue weighted by atomic mass is 19.4. The van der Waals surface area contributed by atoms with Crippen molar-refractivity contribution in [3.05, 3.63) is 71.8 Å². The molecule has 1 aromatic carbocycles. The first-order valence-electron chi connectivity index (χ1n) is 9.65. The second-order valence-corrected chi connectivity index (χ2v) is 7.14. The topological polar surface area (TPSA) is 101 Å². The molecule has 11 heteroatoms. The highest BCUT2D eigenvalue weighted by molar-refractivity contribution is 6.05. The number of alkyl halides is 3. The average Bonchev–Trinajstić information content (AvgIpc) is 3.20. The molecule has 0 bridgehead atoms. The van der Waals surface area contributed by atoms with Crippen LogP contribution in [0.5, 0.6) is 0 Å². The summed E-state index contributed by atoms with van der Waals surface area (Å²) >= 11 is 0. The van der Waals surface area contributed by atoms with E-state index in [-0.39, 0.29) is 12.2 Å². The molecule has 0 fully saturated rings. The Morgan fingerprint density at radius 1 is 1.06 bits per heavy atom. The molecule has 0 saturated carbocycles. The summed E-state index contributed by atoms with van der Waals surface area (Å²) in [5, 5.41) is 11.4. The van der Waals surface area contributed by atoms with Crippen molar-refractivity contribution in [2.45, 2.75) is 32.6 Å². The molecule has 0 saturated heterocycles. The number of carbonyl (C=O) groups is 2. The second-order valence-electron chi connectivity index (χ2n) is 7.14. The summed E-state index contributed by atoms with van der Waals surface area (Å²) < 4.78 is 41.3. The molecule has 0 aliphatic carbocycles. The normalized spacial score (nSPS) is 11.3. The first-order valence-corrected chi connectivity index (χ1v) is 9.65. The van der Waals surface area contributed by atoms with E-state index in [1.54, 1.807) is 50.5 Å². The molecular weight excluding hydrogens is 425 g/mol. The van der Waals surface area contributed by atoms with Crippen LogP contribution in [0.1, 0.15) is 41.5 Å². The Bertz CT molecular complexity index is 1100. The van der Waals surface area contributed by atoms with Gasteiger partial charge in [-0.25, -0.2) is 4.79 Å². The summed E-state index contributed by atoms with van der Waals surface area (Å²) in [6, 6.07) is 8.52. The van der Waals surface area contributed by atoms with Crippen molar-refractivity contribution in [2.24, 2.45) is 0 Å². The van der Waals surface area contributed by atoms with Gasteiger partial charge in [-0.3, -0.25) is 14.5 Å². The summed E-state index contributed by atoms with van der Waals surface area (Å²) in [4.78, 5) is 28.5. The van der Waals surface area contributed by atoms with Crippen molar-refractivity contribution in [1.82, 2.24) is 20.1 Å². The van der Waals surface area contributed by atoms with Gasteiger partial charge in [-0.2, -0.15) is 18.3 Å². The van der Waals surface area contributed by atoms with Crippen LogP contribution in [0.3, 0.4) is 0 Å². The fraction of sp³-hybridized carbons (Fsp3) is 0.238. The number of anilines is 2. The van der Waals surface area contributed by atoms with Crippen LogP contribution in [0.25, 0.3) is 0 Å². The SMILES string of the molecule is CC(C)n1ncc(C(=O)Nc2cccc(NC(=O)NCc3ccncc3)c2)c1C(F)(F)F. The van der Waals surface area contributed by atoms with Crippen molar-refractivity contribution in [1.29, 1.82) is 0 Å². The van der Waals surface area contributed by atoms with E-state index in [1.165, 1.54) is 12.1 Å². The maximum Gasteiger partial charge on any atom is 0.433 e. The number of nitrogens with zero attached hydrogens (tertiary/aromatic N) is 3. The predicted molar refractivity (Wildman–Crippen MR) is 112 cm³/mol. The number of hydrogen-bond acceptors (Lipinski definition) is 4. The molecule has 0 unspecified atom stereocenters. The Labute approximate surface area is 181 Å². The zero-order valence-corrected chi connectivity index (χ0v) is 17.3. The standard InChI is InChI=1S/C21H21F3N6O2/c1-13(2)30-18(21(22,23)24)17(12-27-30)19(31)28-15-4-3-5-16(10-15)29-20(32)26-11-14-6-8-25-9-7-14/h3-10,12-13H,11H2,1-2H3,(H,28,31)(H2,26,29,32). The minimum absolute atomic E-state index is 0.215. The minimum atomic E-state index is -4.75. The Morgan fingerprint density at radius 2 is 1.72 bits per heavy atom. The first kappa shape index (κ1) is 22.8. The number of halogens is 3. The van der Waals surface area contributed by atoms with Crippen LogP contribution in [-0.4, -0.2) is 26.7 Å². The molecule has 0 radical (unpaired) electrons. The van der Waals surface area contributed by atoms with Crippen LogP contribution in [0, 0.1) is 0 Å². The van der Waals surface area contributed by atoms with E-state index in [0.717, 1.165) is 16.4 Å². The van der Waals surface area contributed by atoms with E-state index in [0.29, 0.717) is 5.69 Å². The number of carbonyl (C=O) groups excluding carboxylic acids is 2. The molecule has 32 heavy (non-hydrogen) atoms. The quantitative estimate of drug-likeness (QED) is 0.521. The van der Waals surface area contributed by atoms with Gasteiger partial charge in [-0.15, -0.1) is 0 Å². The van der Waals surface area contributed by atoms with E-state index >= 15 is 0 Å². The summed E-state index contributed by atoms with van der Waals surface area (Å²) in [6.07, 6.45) is -0.636. The maximum absolute atomic E-state index is 13.5. The molecule has 3 aromatic rings. The molecule has 0 aliphatic heterocycles. The summed E-state index contributed by atoms with van der Waals surface area (Å²) in [7, 11) is 0. The van der Waals surface area contributed by atoms with Crippen LogP contribution in [-0.2, 0) is 12.7 Å². The van der Waals surface area contributed by atoms with E-state index < -0.39 is 35.4 Å². The summed E-state index contributed by atoms with van der Waals surface area (Å²) in [5.41, 5.74) is -0.274. The average molecular weight is 446 g/mol. The van der Waals surface area contributed by atoms with Crippen molar-refractivity contribution >= 4 is 23.3 Å². The van der Waals surface area contributed by atoms with Crippen LogP contribution in [0.15, 0.2) is 55.0 Å². The Morgan fingerprint density at radius 3 is 2.34 bits per heavy atom. The summed E-state index contributed by atoms with van der Waals surface area (Å²) in [6.45, 7) is 3.36. The highest BCUT2D eigenvalue weighted by Crippen LogP contribution is 2.34. The maximum atomic E-state index is 13.5. The van der Waals surface area contributed by atoms with Gasteiger partial charge in [0.05, 0.1) is 11.8 Å². The third-order valence-electron chi connectivity index (χ3n) is 4.38. The lowest BCUT2D eigenvalue weighted by molar-refractivity contribution is -0.145. The molecule has 168 valence electrons. The number of rotatable bonds is 6. The smallest absolute Gasteiger partial charge is 0.334 e. The highest BCUT2D eigenvalue weighted by Gasteiger charge is 2.40. The van der Waals surface area contributed by atoms with Crippen LogP contribution in [0.4, 0.5) is 29.3 Å². The molecule has 0 atom stereocenters. The number of pyridine rings is 1. The minimum Gasteiger partial charge on any atom is -0.334 e. The number of amides is 3. The van der Waals surface area contributed by atoms with Crippen molar-refractivity contribution < 1.29 is 22.8 Å². The fourth-order valence-corrected chi connectivity index (χ4v) is 2.93. The molecule has 2 heterocycles. The number of aromatic nitrogens is 3. The van der Waals surface area contributed by atoms with Crippen molar-refractivity contribution in [2.75, 3.05) is 10.6 Å². The zero-order valence-electron chi connectivity index (χ0n) is 17.3. The Kier molecular flexibility index (Phi) is 6.76. The molecule has 3 rings (SSSR count). The molecule has 2 aromatic heterocycles. The first-order chi connectivity index (χ1) is 15.1. The molecule has 8 nitrogen and oxygen atoms in total. The molecule has 3 amide bonds. The van der Waals surface area contributed by atoms with Gasteiger partial charge < -0.3 is 16.0 Å². The fourth-order valence-electron chi connectivity index (χ4n) is 2.93. The molecule has 0 spiro atoms. The second kappa shape index (κ2) is 9.50. The predicted octanol–water partition coefficient (Wildman–Crippen LogP) is 4.45. The lowest BCUT2D eigenvalue weighted by atomic mass is 10.2. The van der Waals surface area contributed by atoms with E-state index in [1.807, 2.05) is 0 Å². The summed E-state index contributed by atoms with van der Waals surface area (Å²) in [5.74, 6) is -0.955. The zero-order chi connectivity index (χ0) is 23.3. The van der Waals surface area contributed by atoms with Crippen LogP contribution >= 0.6 is 0 Å². The third-order valence-corrected chi connectivity index (χ3v) is 4.38. The van der Waals surface area contributed by atoms with Gasteiger partial charge in [0.2, 0.25) is 0 Å². The number of benzene rings is 1. The molecule has 3 N–H and O–H groups in total. The van der Waals surface area contributed by atoms with E-state index in [9.17, 15) is 22.8 Å². The van der Waals surface area contributed by atoms with Gasteiger partial charge in [0.15, 0.2) is 5.69 Å². The van der Waals surface area contributed by atoms with E-state index in [4.69, 9.17) is 0 Å². The van der Waals surface area contributed by atoms with E-state index in [2.05, 4.69) is 26.0 Å². The largest absolute Gasteiger partial charge is 0.433 e. The van der Waals surface area contributed by atoms with Crippen LogP contribution in [0.2, 0.25) is 0 Å². The number of nitrogens with one attached hydrogen (secondary N) is 3. The molecular formula is C21H21F3N6O2. The van der Waals surface area contributed by atoms with Crippen LogP contribution < -0.4 is 16.0 Å². The van der Waals surface area contributed by atoms with Gasteiger partial charge in [0.25, 0.3) is 5.91 Å². The van der Waals surface area contributed by atoms with Gasteiger partial charge in [0, 0.05) is 36.4 Å².